The number of aromatic nitrogens is 1. The normalized spacial score (nSPS) is 27.3. The second-order valence-electron chi connectivity index (χ2n) is 5.69. The first-order valence-corrected chi connectivity index (χ1v) is 8.31. The molecule has 1 aliphatic carbocycles. The molecule has 1 aliphatic heterocycles. The zero-order valence-corrected chi connectivity index (χ0v) is 13.8. The van der Waals surface area contributed by atoms with Gasteiger partial charge < -0.3 is 10.6 Å². The Morgan fingerprint density at radius 2 is 2.29 bits per heavy atom. The topological polar surface area (TPSA) is 59.2 Å². The number of nitrogens with zero attached hydrogens (tertiary/aromatic N) is 2. The Morgan fingerprint density at radius 1 is 1.48 bits per heavy atom. The van der Waals surface area contributed by atoms with Crippen molar-refractivity contribution in [3.8, 4) is 0 Å². The van der Waals surface area contributed by atoms with Gasteiger partial charge in [-0.3, -0.25) is 4.79 Å². The molecule has 1 amide bonds. The van der Waals surface area contributed by atoms with Crippen LogP contribution in [0.4, 0.5) is 0 Å². The fourth-order valence-corrected chi connectivity index (χ4v) is 4.07. The minimum Gasteiger partial charge on any atom is -0.338 e. The number of carbonyl (C=O) groups excluding carboxylic acids is 1. The molecule has 0 aromatic carbocycles. The largest absolute Gasteiger partial charge is 0.338 e. The minimum absolute atomic E-state index is 0. The van der Waals surface area contributed by atoms with Gasteiger partial charge >= 0.3 is 0 Å². The van der Waals surface area contributed by atoms with Crippen LogP contribution >= 0.6 is 24.2 Å². The molecule has 3 unspecified atom stereocenters. The number of pyridine rings is 1. The molecular formula is C15H22ClN3OS. The third kappa shape index (κ3) is 3.35. The van der Waals surface area contributed by atoms with Crippen LogP contribution in [0.25, 0.3) is 0 Å². The van der Waals surface area contributed by atoms with Gasteiger partial charge in [0.2, 0.25) is 0 Å². The van der Waals surface area contributed by atoms with E-state index < -0.39 is 0 Å². The number of hydrogen-bond acceptors (Lipinski definition) is 4. The number of nitrogens with two attached hydrogens (primary N) is 1. The van der Waals surface area contributed by atoms with Gasteiger partial charge in [0.15, 0.2) is 0 Å². The van der Waals surface area contributed by atoms with Gasteiger partial charge in [0.1, 0.15) is 0 Å². The number of amides is 1. The molecule has 2 N–H and O–H groups in total. The number of hydrogen-bond donors (Lipinski definition) is 1. The average molecular weight is 328 g/mol. The lowest BCUT2D eigenvalue weighted by atomic mass is 9.98. The smallest absolute Gasteiger partial charge is 0.254 e. The zero-order chi connectivity index (χ0) is 14.1. The van der Waals surface area contributed by atoms with E-state index in [1.54, 1.807) is 18.0 Å². The molecule has 0 radical (unpaired) electrons. The Labute approximate surface area is 136 Å². The summed E-state index contributed by atoms with van der Waals surface area (Å²) in [5.74, 6) is 2.21. The summed E-state index contributed by atoms with van der Waals surface area (Å²) < 4.78 is 0. The van der Waals surface area contributed by atoms with E-state index >= 15 is 0 Å². The maximum atomic E-state index is 12.6. The summed E-state index contributed by atoms with van der Waals surface area (Å²) in [6.07, 6.45) is 4.01. The van der Waals surface area contributed by atoms with E-state index in [4.69, 9.17) is 5.73 Å². The van der Waals surface area contributed by atoms with Gasteiger partial charge in [-0.2, -0.15) is 0 Å². The lowest BCUT2D eigenvalue weighted by Crippen LogP contribution is -2.33. The Kier molecular flexibility index (Phi) is 5.52. The third-order valence-electron chi connectivity index (χ3n) is 4.47. The van der Waals surface area contributed by atoms with Crippen molar-refractivity contribution in [2.24, 2.45) is 17.6 Å². The Balaban J connectivity index is 0.00000161. The first kappa shape index (κ1) is 16.6. The van der Waals surface area contributed by atoms with Crippen molar-refractivity contribution in [1.29, 1.82) is 0 Å². The quantitative estimate of drug-likeness (QED) is 0.866. The lowest BCUT2D eigenvalue weighted by Gasteiger charge is -2.19. The van der Waals surface area contributed by atoms with Crippen LogP contribution in [-0.2, 0) is 0 Å². The van der Waals surface area contributed by atoms with Crippen LogP contribution < -0.4 is 5.73 Å². The third-order valence-corrected chi connectivity index (χ3v) is 5.28. The second kappa shape index (κ2) is 6.99. The summed E-state index contributed by atoms with van der Waals surface area (Å²) >= 11 is 1.66. The first-order valence-electron chi connectivity index (χ1n) is 7.32. The first-order chi connectivity index (χ1) is 9.69. The molecule has 1 aromatic rings. The van der Waals surface area contributed by atoms with Crippen molar-refractivity contribution >= 4 is 30.1 Å². The highest BCUT2D eigenvalue weighted by molar-refractivity contribution is 7.99. The van der Waals surface area contributed by atoms with Crippen molar-refractivity contribution < 1.29 is 4.79 Å². The number of halogens is 1. The molecule has 4 nitrogen and oxygen atoms in total. The molecule has 3 rings (SSSR count). The van der Waals surface area contributed by atoms with E-state index in [0.717, 1.165) is 35.9 Å². The van der Waals surface area contributed by atoms with Crippen LogP contribution in [-0.4, -0.2) is 40.7 Å². The highest BCUT2D eigenvalue weighted by Crippen LogP contribution is 2.37. The molecule has 0 spiro atoms. The molecule has 2 heterocycles. The van der Waals surface area contributed by atoms with Crippen molar-refractivity contribution in [2.75, 3.05) is 18.8 Å². The molecule has 2 aliphatic rings. The molecule has 2 fully saturated rings. The molecule has 1 saturated heterocycles. The van der Waals surface area contributed by atoms with Crippen LogP contribution in [0.15, 0.2) is 23.4 Å². The van der Waals surface area contributed by atoms with E-state index in [1.165, 1.54) is 6.42 Å². The van der Waals surface area contributed by atoms with E-state index in [0.29, 0.717) is 11.8 Å². The van der Waals surface area contributed by atoms with Gasteiger partial charge in [0.05, 0.1) is 5.03 Å². The van der Waals surface area contributed by atoms with Crippen LogP contribution in [0, 0.1) is 11.8 Å². The molecule has 1 saturated carbocycles. The Morgan fingerprint density at radius 3 is 3.00 bits per heavy atom. The van der Waals surface area contributed by atoms with Crippen LogP contribution in [0.1, 0.15) is 30.1 Å². The SMILES string of the molecule is CCSc1cc(C(=O)N2CC3CCC(N)C3C2)ccn1.Cl. The van der Waals surface area contributed by atoms with Gasteiger partial charge in [0, 0.05) is 30.9 Å². The van der Waals surface area contributed by atoms with Crippen LogP contribution in [0.2, 0.25) is 0 Å². The number of carbonyl (C=O) groups is 1. The maximum absolute atomic E-state index is 12.6. The van der Waals surface area contributed by atoms with Crippen molar-refractivity contribution in [2.45, 2.75) is 30.8 Å². The Bertz CT molecular complexity index is 513. The molecule has 3 atom stereocenters. The van der Waals surface area contributed by atoms with Gasteiger partial charge in [-0.15, -0.1) is 24.2 Å². The molecule has 21 heavy (non-hydrogen) atoms. The summed E-state index contributed by atoms with van der Waals surface area (Å²) in [4.78, 5) is 18.8. The minimum atomic E-state index is 0. The fraction of sp³-hybridized carbons (Fsp3) is 0.600. The van der Waals surface area contributed by atoms with Crippen LogP contribution in [0.5, 0.6) is 0 Å². The monoisotopic (exact) mass is 327 g/mol. The molecule has 0 bridgehead atoms. The highest BCUT2D eigenvalue weighted by Gasteiger charge is 2.42. The summed E-state index contributed by atoms with van der Waals surface area (Å²) in [6, 6.07) is 4.00. The molecule has 6 heteroatoms. The van der Waals surface area contributed by atoms with Crippen molar-refractivity contribution in [3.63, 3.8) is 0 Å². The summed E-state index contributed by atoms with van der Waals surface area (Å²) in [7, 11) is 0. The van der Waals surface area contributed by atoms with Crippen molar-refractivity contribution in [1.82, 2.24) is 9.88 Å². The van der Waals surface area contributed by atoms with Crippen molar-refractivity contribution in [3.05, 3.63) is 23.9 Å². The van der Waals surface area contributed by atoms with E-state index in [-0.39, 0.29) is 24.4 Å². The van der Waals surface area contributed by atoms with Gasteiger partial charge in [-0.05, 0) is 42.6 Å². The van der Waals surface area contributed by atoms with Crippen LogP contribution in [0.3, 0.4) is 0 Å². The van der Waals surface area contributed by atoms with E-state index in [1.807, 2.05) is 17.0 Å². The predicted octanol–water partition coefficient (Wildman–Crippen LogP) is 2.42. The van der Waals surface area contributed by atoms with Gasteiger partial charge in [-0.25, -0.2) is 4.98 Å². The molecular weight excluding hydrogens is 306 g/mol. The maximum Gasteiger partial charge on any atom is 0.254 e. The van der Waals surface area contributed by atoms with E-state index in [2.05, 4.69) is 11.9 Å². The number of rotatable bonds is 3. The number of thioether (sulfide) groups is 1. The van der Waals surface area contributed by atoms with Gasteiger partial charge in [0.25, 0.3) is 5.91 Å². The number of likely N-dealkylation sites (tertiary alicyclic amines) is 1. The summed E-state index contributed by atoms with van der Waals surface area (Å²) in [5, 5.41) is 0.925. The standard InChI is InChI=1S/C15H21N3OS.ClH/c1-2-20-14-7-10(5-6-17-14)15(19)18-8-11-3-4-13(16)12(11)9-18;/h5-7,11-13H,2-4,8-9,16H2,1H3;1H. The zero-order valence-electron chi connectivity index (χ0n) is 12.2. The molecule has 116 valence electrons. The predicted molar refractivity (Wildman–Crippen MR) is 88.0 cm³/mol. The highest BCUT2D eigenvalue weighted by atomic mass is 35.5. The summed E-state index contributed by atoms with van der Waals surface area (Å²) in [6.45, 7) is 3.78. The summed E-state index contributed by atoms with van der Waals surface area (Å²) in [5.41, 5.74) is 6.89. The lowest BCUT2D eigenvalue weighted by molar-refractivity contribution is 0.0779. The average Bonchev–Trinajstić information content (AvgIpc) is 3.01. The fourth-order valence-electron chi connectivity index (χ4n) is 3.43. The Hall–Kier alpha value is -0.780. The van der Waals surface area contributed by atoms with Gasteiger partial charge in [-0.1, -0.05) is 6.92 Å². The molecule has 1 aromatic heterocycles. The van der Waals surface area contributed by atoms with E-state index in [9.17, 15) is 4.79 Å². The number of fused-ring (bicyclic) bond motifs is 1. The second-order valence-corrected chi connectivity index (χ2v) is 6.98.